The summed E-state index contributed by atoms with van der Waals surface area (Å²) in [6.45, 7) is 8.28. The number of benzene rings is 1. The Morgan fingerprint density at radius 2 is 1.83 bits per heavy atom. The number of aliphatic imine (C=N–C) groups is 1. The van der Waals surface area contributed by atoms with Crippen molar-refractivity contribution in [2.75, 3.05) is 13.6 Å². The van der Waals surface area contributed by atoms with Gasteiger partial charge in [0, 0.05) is 38.9 Å². The summed E-state index contributed by atoms with van der Waals surface area (Å²) in [4.78, 5) is 4.25. The smallest absolute Gasteiger partial charge is 0.191 e. The van der Waals surface area contributed by atoms with Crippen LogP contribution in [0.3, 0.4) is 0 Å². The summed E-state index contributed by atoms with van der Waals surface area (Å²) in [6.07, 6.45) is 4.83. The van der Waals surface area contributed by atoms with E-state index < -0.39 is 0 Å². The molecule has 0 spiro atoms. The lowest BCUT2D eigenvalue weighted by atomic mass is 9.86. The van der Waals surface area contributed by atoms with Crippen LogP contribution in [0, 0.1) is 0 Å². The average Bonchev–Trinajstić information content (AvgIpc) is 2.96. The second kappa shape index (κ2) is 7.99. The van der Waals surface area contributed by atoms with Gasteiger partial charge in [-0.2, -0.15) is 5.10 Å². The van der Waals surface area contributed by atoms with Gasteiger partial charge in [0.25, 0.3) is 0 Å². The second-order valence-corrected chi connectivity index (χ2v) is 7.07. The molecule has 0 saturated carbocycles. The van der Waals surface area contributed by atoms with Crippen LogP contribution in [0.25, 0.3) is 0 Å². The molecule has 0 fully saturated rings. The number of guanidine groups is 1. The molecule has 2 rings (SSSR count). The summed E-state index contributed by atoms with van der Waals surface area (Å²) >= 11 is 0. The van der Waals surface area contributed by atoms with E-state index in [0.29, 0.717) is 6.54 Å². The van der Waals surface area contributed by atoms with E-state index in [1.807, 2.05) is 19.4 Å². The van der Waals surface area contributed by atoms with Crippen LogP contribution < -0.4 is 10.6 Å². The van der Waals surface area contributed by atoms with Gasteiger partial charge in [0.05, 0.1) is 6.20 Å². The zero-order valence-electron chi connectivity index (χ0n) is 15.4. The molecule has 5 nitrogen and oxygen atoms in total. The van der Waals surface area contributed by atoms with E-state index in [4.69, 9.17) is 0 Å². The molecular weight excluding hydrogens is 298 g/mol. The van der Waals surface area contributed by atoms with Gasteiger partial charge in [0.15, 0.2) is 5.96 Å². The number of aromatic nitrogens is 2. The van der Waals surface area contributed by atoms with Crippen LogP contribution in [0.2, 0.25) is 0 Å². The molecule has 1 heterocycles. The number of aryl methyl sites for hydroxylation is 1. The van der Waals surface area contributed by atoms with Gasteiger partial charge in [-0.1, -0.05) is 45.0 Å². The summed E-state index contributed by atoms with van der Waals surface area (Å²) in [5, 5.41) is 10.8. The molecule has 0 aliphatic rings. The van der Waals surface area contributed by atoms with Crippen LogP contribution in [-0.4, -0.2) is 29.3 Å². The lowest BCUT2D eigenvalue weighted by Gasteiger charge is -2.19. The van der Waals surface area contributed by atoms with Crippen LogP contribution >= 0.6 is 0 Å². The minimum Gasteiger partial charge on any atom is -0.356 e. The molecule has 24 heavy (non-hydrogen) atoms. The van der Waals surface area contributed by atoms with Crippen molar-refractivity contribution in [3.8, 4) is 0 Å². The van der Waals surface area contributed by atoms with Gasteiger partial charge in [-0.3, -0.25) is 9.67 Å². The van der Waals surface area contributed by atoms with Crippen LogP contribution in [0.4, 0.5) is 0 Å². The molecule has 0 atom stereocenters. The van der Waals surface area contributed by atoms with Gasteiger partial charge in [0.2, 0.25) is 0 Å². The zero-order chi connectivity index (χ0) is 17.6. The molecule has 5 heteroatoms. The second-order valence-electron chi connectivity index (χ2n) is 7.07. The Labute approximate surface area is 145 Å². The van der Waals surface area contributed by atoms with Crippen LogP contribution in [0.15, 0.2) is 41.7 Å². The quantitative estimate of drug-likeness (QED) is 0.656. The highest BCUT2D eigenvalue weighted by molar-refractivity contribution is 5.79. The molecule has 0 saturated heterocycles. The Bertz CT molecular complexity index is 662. The first-order valence-corrected chi connectivity index (χ1v) is 8.40. The molecule has 0 radical (unpaired) electrons. The maximum atomic E-state index is 4.25. The van der Waals surface area contributed by atoms with Crippen LogP contribution in [0.1, 0.15) is 37.5 Å². The van der Waals surface area contributed by atoms with Gasteiger partial charge >= 0.3 is 0 Å². The van der Waals surface area contributed by atoms with E-state index in [-0.39, 0.29) is 5.41 Å². The van der Waals surface area contributed by atoms with Gasteiger partial charge in [-0.25, -0.2) is 0 Å². The molecule has 0 bridgehead atoms. The first kappa shape index (κ1) is 18.0. The Morgan fingerprint density at radius 1 is 1.12 bits per heavy atom. The molecular formula is C19H29N5. The Hall–Kier alpha value is -2.30. The highest BCUT2D eigenvalue weighted by Gasteiger charge is 2.12. The third-order valence-electron chi connectivity index (χ3n) is 3.97. The maximum absolute atomic E-state index is 4.25. The fourth-order valence-electron chi connectivity index (χ4n) is 2.47. The molecule has 2 N–H and O–H groups in total. The van der Waals surface area contributed by atoms with Crippen molar-refractivity contribution in [2.24, 2.45) is 12.0 Å². The molecule has 0 unspecified atom stereocenters. The highest BCUT2D eigenvalue weighted by Crippen LogP contribution is 2.22. The van der Waals surface area contributed by atoms with Crippen molar-refractivity contribution in [3.63, 3.8) is 0 Å². The topological polar surface area (TPSA) is 54.2 Å². The average molecular weight is 327 g/mol. The fourth-order valence-corrected chi connectivity index (χ4v) is 2.47. The van der Waals surface area contributed by atoms with Gasteiger partial charge in [-0.05, 0) is 23.0 Å². The normalized spacial score (nSPS) is 12.3. The highest BCUT2D eigenvalue weighted by atomic mass is 15.2. The number of nitrogens with one attached hydrogen (secondary N) is 2. The lowest BCUT2D eigenvalue weighted by Crippen LogP contribution is -2.37. The minimum absolute atomic E-state index is 0.203. The van der Waals surface area contributed by atoms with Crippen molar-refractivity contribution in [1.29, 1.82) is 0 Å². The predicted octanol–water partition coefficient (Wildman–Crippen LogP) is 2.63. The van der Waals surface area contributed by atoms with E-state index in [9.17, 15) is 0 Å². The lowest BCUT2D eigenvalue weighted by molar-refractivity contribution is 0.590. The standard InChI is InChI=1S/C19H29N5/c1-19(2,3)17-8-6-15(7-9-17)10-11-21-18(20-4)22-12-16-13-23-24(5)14-16/h6-9,13-14H,10-12H2,1-5H3,(H2,20,21,22). The monoisotopic (exact) mass is 327 g/mol. The summed E-state index contributed by atoms with van der Waals surface area (Å²) in [6, 6.07) is 8.89. The number of nitrogens with zero attached hydrogens (tertiary/aromatic N) is 3. The molecule has 1 aromatic heterocycles. The van der Waals surface area contributed by atoms with E-state index in [2.05, 4.69) is 65.8 Å². The van der Waals surface area contributed by atoms with Crippen molar-refractivity contribution < 1.29 is 0 Å². The largest absolute Gasteiger partial charge is 0.356 e. The Kier molecular flexibility index (Phi) is 6.01. The van der Waals surface area contributed by atoms with Crippen molar-refractivity contribution in [3.05, 3.63) is 53.3 Å². The van der Waals surface area contributed by atoms with E-state index in [0.717, 1.165) is 24.5 Å². The van der Waals surface area contributed by atoms with E-state index >= 15 is 0 Å². The minimum atomic E-state index is 0.203. The van der Waals surface area contributed by atoms with Crippen LogP contribution in [0.5, 0.6) is 0 Å². The first-order chi connectivity index (χ1) is 11.4. The number of rotatable bonds is 5. The number of hydrogen-bond donors (Lipinski definition) is 2. The maximum Gasteiger partial charge on any atom is 0.191 e. The molecule has 0 aliphatic heterocycles. The zero-order valence-corrected chi connectivity index (χ0v) is 15.4. The SMILES string of the molecule is CN=C(NCCc1ccc(C(C)(C)C)cc1)NCc1cnn(C)c1. The predicted molar refractivity (Wildman–Crippen MR) is 100 cm³/mol. The Morgan fingerprint density at radius 3 is 2.38 bits per heavy atom. The fraction of sp³-hybridized carbons (Fsp3) is 0.474. The molecule has 0 aliphatic carbocycles. The first-order valence-electron chi connectivity index (χ1n) is 8.40. The van der Waals surface area contributed by atoms with Gasteiger partial charge < -0.3 is 10.6 Å². The summed E-state index contributed by atoms with van der Waals surface area (Å²) < 4.78 is 1.80. The van der Waals surface area contributed by atoms with Crippen LogP contribution in [-0.2, 0) is 25.4 Å². The van der Waals surface area contributed by atoms with E-state index in [1.165, 1.54) is 11.1 Å². The summed E-state index contributed by atoms with van der Waals surface area (Å²) in [7, 11) is 3.71. The van der Waals surface area contributed by atoms with Crippen molar-refractivity contribution >= 4 is 5.96 Å². The molecule has 1 aromatic carbocycles. The Balaban J connectivity index is 1.77. The third-order valence-corrected chi connectivity index (χ3v) is 3.97. The van der Waals surface area contributed by atoms with Crippen molar-refractivity contribution in [2.45, 2.75) is 39.2 Å². The van der Waals surface area contributed by atoms with Gasteiger partial charge in [-0.15, -0.1) is 0 Å². The van der Waals surface area contributed by atoms with E-state index in [1.54, 1.807) is 11.7 Å². The molecule has 0 amide bonds. The molecule has 130 valence electrons. The summed E-state index contributed by atoms with van der Waals surface area (Å²) in [5.41, 5.74) is 4.04. The third kappa shape index (κ3) is 5.41. The molecule has 2 aromatic rings. The number of hydrogen-bond acceptors (Lipinski definition) is 2. The van der Waals surface area contributed by atoms with Crippen molar-refractivity contribution in [1.82, 2.24) is 20.4 Å². The van der Waals surface area contributed by atoms with Gasteiger partial charge in [0.1, 0.15) is 0 Å². The summed E-state index contributed by atoms with van der Waals surface area (Å²) in [5.74, 6) is 0.810.